The molecule has 1 aliphatic heterocycles. The third kappa shape index (κ3) is 4.91. The standard InChI is InChI=1S/C31H42O10/c1-11-14(2)28(36)40-23-15(3)12-31-27(39-20(8)34)16(4)13-30(31,41-31)26(35)17(5)24(37-18(6)32)21-22(29(21,9)10)25(23)38-19(7)33/h11-12,16-17,21-25,27H,13H2,1-10H3/b14-11+,15-12+/t16-,17+,21-,22+,23+,24-,25-,27-,30-,31-/m0/s1. The van der Waals surface area contributed by atoms with E-state index in [1.54, 1.807) is 39.8 Å². The summed E-state index contributed by atoms with van der Waals surface area (Å²) in [5, 5.41) is 0. The molecule has 0 unspecified atom stereocenters. The van der Waals surface area contributed by atoms with E-state index in [1.807, 2.05) is 20.8 Å². The highest BCUT2D eigenvalue weighted by Gasteiger charge is 2.84. The van der Waals surface area contributed by atoms with Crippen LogP contribution in [0.25, 0.3) is 0 Å². The van der Waals surface area contributed by atoms with Crippen molar-refractivity contribution < 1.29 is 47.7 Å². The van der Waals surface area contributed by atoms with Crippen molar-refractivity contribution in [3.63, 3.8) is 0 Å². The smallest absolute Gasteiger partial charge is 0.334 e. The zero-order valence-electron chi connectivity index (χ0n) is 25.6. The summed E-state index contributed by atoms with van der Waals surface area (Å²) in [7, 11) is 0. The maximum atomic E-state index is 14.3. The van der Waals surface area contributed by atoms with Gasteiger partial charge in [0.25, 0.3) is 0 Å². The van der Waals surface area contributed by atoms with Gasteiger partial charge in [0.15, 0.2) is 23.1 Å². The molecular weight excluding hydrogens is 532 g/mol. The summed E-state index contributed by atoms with van der Waals surface area (Å²) in [6.07, 6.45) is -0.0243. The molecule has 10 atom stereocenters. The second-order valence-corrected chi connectivity index (χ2v) is 12.8. The van der Waals surface area contributed by atoms with Crippen molar-refractivity contribution in [3.05, 3.63) is 23.3 Å². The van der Waals surface area contributed by atoms with E-state index >= 15 is 0 Å². The summed E-state index contributed by atoms with van der Waals surface area (Å²) in [4.78, 5) is 64.4. The Morgan fingerprint density at radius 2 is 1.44 bits per heavy atom. The molecule has 3 fully saturated rings. The molecule has 0 amide bonds. The van der Waals surface area contributed by atoms with E-state index in [0.717, 1.165) is 0 Å². The summed E-state index contributed by atoms with van der Waals surface area (Å²) >= 11 is 0. The molecule has 10 heteroatoms. The van der Waals surface area contributed by atoms with E-state index in [2.05, 4.69) is 0 Å². The molecule has 0 radical (unpaired) electrons. The first kappa shape index (κ1) is 30.9. The Hall–Kier alpha value is -3.01. The van der Waals surface area contributed by atoms with Crippen molar-refractivity contribution in [3.8, 4) is 0 Å². The van der Waals surface area contributed by atoms with Gasteiger partial charge in [-0.1, -0.05) is 33.8 Å². The lowest BCUT2D eigenvalue weighted by molar-refractivity contribution is -0.165. The van der Waals surface area contributed by atoms with E-state index in [4.69, 9.17) is 23.7 Å². The minimum absolute atomic E-state index is 0.233. The second-order valence-electron chi connectivity index (χ2n) is 12.8. The number of esters is 4. The van der Waals surface area contributed by atoms with Gasteiger partial charge in [0.05, 0.1) is 5.92 Å². The number of epoxide rings is 1. The fraction of sp³-hybridized carbons (Fsp3) is 0.710. The van der Waals surface area contributed by atoms with Gasteiger partial charge in [0.1, 0.15) is 18.3 Å². The van der Waals surface area contributed by atoms with Crippen molar-refractivity contribution >= 4 is 29.7 Å². The molecule has 0 aromatic rings. The topological polar surface area (TPSA) is 135 Å². The van der Waals surface area contributed by atoms with E-state index < -0.39 is 82.7 Å². The Morgan fingerprint density at radius 3 is 1.98 bits per heavy atom. The maximum Gasteiger partial charge on any atom is 0.334 e. The van der Waals surface area contributed by atoms with Crippen LogP contribution in [0.3, 0.4) is 0 Å². The number of ketones is 1. The molecule has 226 valence electrons. The number of hydrogen-bond donors (Lipinski definition) is 0. The molecule has 0 aromatic carbocycles. The van der Waals surface area contributed by atoms with E-state index in [9.17, 15) is 24.0 Å². The van der Waals surface area contributed by atoms with E-state index in [1.165, 1.54) is 20.8 Å². The minimum atomic E-state index is -1.32. The van der Waals surface area contributed by atoms with Crippen LogP contribution in [-0.4, -0.2) is 65.3 Å². The molecule has 1 heterocycles. The Labute approximate surface area is 241 Å². The third-order valence-electron chi connectivity index (χ3n) is 9.57. The van der Waals surface area contributed by atoms with Gasteiger partial charge in [-0.15, -0.1) is 0 Å². The minimum Gasteiger partial charge on any atom is -0.461 e. The number of carbonyl (C=O) groups is 5. The quantitative estimate of drug-likeness (QED) is 0.157. The Bertz CT molecular complexity index is 1230. The van der Waals surface area contributed by atoms with Gasteiger partial charge in [-0.2, -0.15) is 0 Å². The maximum absolute atomic E-state index is 14.3. The van der Waals surface area contributed by atoms with Crippen molar-refractivity contribution in [1.29, 1.82) is 0 Å². The molecule has 1 saturated heterocycles. The van der Waals surface area contributed by atoms with Gasteiger partial charge in [-0.25, -0.2) is 4.79 Å². The molecule has 10 nitrogen and oxygen atoms in total. The van der Waals surface area contributed by atoms with Crippen molar-refractivity contribution in [1.82, 2.24) is 0 Å². The third-order valence-corrected chi connectivity index (χ3v) is 9.57. The number of rotatable bonds is 5. The number of carbonyl (C=O) groups excluding carboxylic acids is 5. The molecule has 0 aromatic heterocycles. The van der Waals surface area contributed by atoms with Gasteiger partial charge < -0.3 is 23.7 Å². The first-order chi connectivity index (χ1) is 18.9. The van der Waals surface area contributed by atoms with E-state index in [0.29, 0.717) is 11.1 Å². The zero-order valence-corrected chi connectivity index (χ0v) is 25.6. The van der Waals surface area contributed by atoms with Gasteiger partial charge in [0.2, 0.25) is 0 Å². The van der Waals surface area contributed by atoms with Gasteiger partial charge in [-0.3, -0.25) is 19.2 Å². The molecular formula is C31H42O10. The molecule has 0 N–H and O–H groups in total. The van der Waals surface area contributed by atoms with Gasteiger partial charge in [0, 0.05) is 38.2 Å². The monoisotopic (exact) mass is 574 g/mol. The molecule has 0 spiro atoms. The highest BCUT2D eigenvalue weighted by atomic mass is 16.7. The van der Waals surface area contributed by atoms with Crippen LogP contribution in [0.1, 0.15) is 75.7 Å². The van der Waals surface area contributed by atoms with Crippen molar-refractivity contribution in [2.45, 2.75) is 111 Å². The van der Waals surface area contributed by atoms with Gasteiger partial charge >= 0.3 is 23.9 Å². The Kier molecular flexibility index (Phi) is 7.82. The molecule has 0 bridgehead atoms. The average molecular weight is 575 g/mol. The van der Waals surface area contributed by atoms with Crippen LogP contribution in [0.15, 0.2) is 23.3 Å². The van der Waals surface area contributed by atoms with Crippen molar-refractivity contribution in [2.75, 3.05) is 0 Å². The fourth-order valence-electron chi connectivity index (χ4n) is 7.54. The van der Waals surface area contributed by atoms with Gasteiger partial charge in [-0.05, 0) is 50.2 Å². The Morgan fingerprint density at radius 1 is 0.902 bits per heavy atom. The lowest BCUT2D eigenvalue weighted by Gasteiger charge is -2.30. The number of allylic oxidation sites excluding steroid dienone is 1. The summed E-state index contributed by atoms with van der Waals surface area (Å²) in [6, 6.07) is 0. The number of fused-ring (bicyclic) bond motifs is 1. The van der Waals surface area contributed by atoms with E-state index in [-0.39, 0.29) is 18.1 Å². The fourth-order valence-corrected chi connectivity index (χ4v) is 7.54. The number of Topliss-reactive ketones (excluding diaryl/α,β-unsaturated/α-hetero) is 1. The van der Waals surface area contributed by atoms with Crippen LogP contribution >= 0.6 is 0 Å². The average Bonchev–Trinajstić information content (AvgIpc) is 3.66. The van der Waals surface area contributed by atoms with Crippen LogP contribution in [0.2, 0.25) is 0 Å². The van der Waals surface area contributed by atoms with Crippen LogP contribution in [0.5, 0.6) is 0 Å². The number of ether oxygens (including phenoxy) is 5. The SMILES string of the molecule is C/C=C(\C)C(=O)O[C@@H]1/C(C)=C/[C@@]23O[C@@]2(C[C@H](C)[C@@H]3OC(C)=O)C(=O)[C@H](C)[C@H](OC(C)=O)[C@@H]2[C@H]([C@@H]1OC(C)=O)C2(C)C. The lowest BCUT2D eigenvalue weighted by atomic mass is 9.80. The first-order valence-electron chi connectivity index (χ1n) is 14.2. The summed E-state index contributed by atoms with van der Waals surface area (Å²) in [5.41, 5.74) is -2.33. The predicted molar refractivity (Wildman–Crippen MR) is 145 cm³/mol. The van der Waals surface area contributed by atoms with Crippen molar-refractivity contribution in [2.24, 2.45) is 29.1 Å². The zero-order chi connectivity index (χ0) is 30.8. The largest absolute Gasteiger partial charge is 0.461 e. The van der Waals surface area contributed by atoms with Crippen LogP contribution in [-0.2, 0) is 47.7 Å². The predicted octanol–water partition coefficient (Wildman–Crippen LogP) is 3.64. The first-order valence-corrected chi connectivity index (χ1v) is 14.2. The molecule has 41 heavy (non-hydrogen) atoms. The lowest BCUT2D eigenvalue weighted by Crippen LogP contribution is -2.43. The summed E-state index contributed by atoms with van der Waals surface area (Å²) in [5.74, 6) is -4.30. The summed E-state index contributed by atoms with van der Waals surface area (Å²) in [6.45, 7) is 16.5. The second kappa shape index (κ2) is 10.4. The van der Waals surface area contributed by atoms with Crippen LogP contribution in [0, 0.1) is 29.1 Å². The number of hydrogen-bond acceptors (Lipinski definition) is 10. The molecule has 4 rings (SSSR count). The van der Waals surface area contributed by atoms with Crippen LogP contribution < -0.4 is 0 Å². The molecule has 3 aliphatic carbocycles. The Balaban J connectivity index is 1.95. The van der Waals surface area contributed by atoms with Crippen LogP contribution in [0.4, 0.5) is 0 Å². The normalized spacial score (nSPS) is 42.1. The highest BCUT2D eigenvalue weighted by Crippen LogP contribution is 2.68. The highest BCUT2D eigenvalue weighted by molar-refractivity contribution is 5.96. The molecule has 2 saturated carbocycles. The molecule has 4 aliphatic rings. The summed E-state index contributed by atoms with van der Waals surface area (Å²) < 4.78 is 29.9.